The van der Waals surface area contributed by atoms with E-state index in [0.717, 1.165) is 0 Å². The zero-order chi connectivity index (χ0) is 5.28. The Kier molecular flexibility index (Phi) is 2.89. The van der Waals surface area contributed by atoms with E-state index in [4.69, 9.17) is 12.2 Å². The van der Waals surface area contributed by atoms with Crippen LogP contribution in [0.5, 0.6) is 0 Å². The van der Waals surface area contributed by atoms with E-state index >= 15 is 0 Å². The van der Waals surface area contributed by atoms with E-state index in [1.165, 1.54) is 12.8 Å². The van der Waals surface area contributed by atoms with Crippen LogP contribution in [0.15, 0.2) is 0 Å². The minimum Gasteiger partial charge on any atom is -0.317 e. The van der Waals surface area contributed by atoms with Gasteiger partial charge in [0.1, 0.15) is 0 Å². The fourth-order valence-corrected chi connectivity index (χ4v) is 0.591. The van der Waals surface area contributed by atoms with Gasteiger partial charge < -0.3 is 5.73 Å². The maximum Gasteiger partial charge on any atom is 0.0690 e. The lowest BCUT2D eigenvalue weighted by Crippen LogP contribution is -2.18. The zero-order valence-electron chi connectivity index (χ0n) is 4.63. The molecule has 1 atom stereocenters. The second kappa shape index (κ2) is 2.96. The lowest BCUT2D eigenvalue weighted by atomic mass is 10.2. The lowest BCUT2D eigenvalue weighted by Gasteiger charge is -1.95. The Balaban J connectivity index is 0.000000490. The average molecular weight is 132 g/mol. The molecule has 0 amide bonds. The summed E-state index contributed by atoms with van der Waals surface area (Å²) in [5.41, 5.74) is 5.44. The topological polar surface area (TPSA) is 26.0 Å². The van der Waals surface area contributed by atoms with Crippen molar-refractivity contribution in [2.24, 2.45) is 11.7 Å². The molecule has 0 aromatic heterocycles. The number of terminal acetylenes is 1. The highest BCUT2D eigenvalue weighted by Gasteiger charge is 2.26. The Morgan fingerprint density at radius 3 is 2.25 bits per heavy atom. The Morgan fingerprint density at radius 2 is 2.12 bits per heavy atom. The van der Waals surface area contributed by atoms with Crippen molar-refractivity contribution in [2.75, 3.05) is 0 Å². The van der Waals surface area contributed by atoms with Gasteiger partial charge in [0.25, 0.3) is 0 Å². The van der Waals surface area contributed by atoms with Crippen LogP contribution in [0.2, 0.25) is 0 Å². The zero-order valence-corrected chi connectivity index (χ0v) is 5.45. The molecule has 1 saturated carbocycles. The molecular weight excluding hydrogens is 122 g/mol. The van der Waals surface area contributed by atoms with Crippen LogP contribution in [0.25, 0.3) is 0 Å². The number of nitrogens with two attached hydrogens (primary N) is 1. The van der Waals surface area contributed by atoms with Gasteiger partial charge in [-0.05, 0) is 18.8 Å². The molecule has 1 aliphatic rings. The first-order valence-corrected chi connectivity index (χ1v) is 2.56. The second-order valence-corrected chi connectivity index (χ2v) is 2.03. The molecule has 0 spiro atoms. The first kappa shape index (κ1) is 7.81. The molecule has 2 heteroatoms. The number of hydrogen-bond donors (Lipinski definition) is 1. The van der Waals surface area contributed by atoms with Gasteiger partial charge in [-0.3, -0.25) is 0 Å². The lowest BCUT2D eigenvalue weighted by molar-refractivity contribution is 0.732. The van der Waals surface area contributed by atoms with Gasteiger partial charge in [0, 0.05) is 0 Å². The fraction of sp³-hybridized carbons (Fsp3) is 0.667. The molecule has 1 fully saturated rings. The van der Waals surface area contributed by atoms with Crippen molar-refractivity contribution >= 4 is 12.4 Å². The predicted molar refractivity (Wildman–Crippen MR) is 36.8 cm³/mol. The molecule has 1 nitrogen and oxygen atoms in total. The van der Waals surface area contributed by atoms with Crippen molar-refractivity contribution in [2.45, 2.75) is 18.9 Å². The highest BCUT2D eigenvalue weighted by atomic mass is 35.5. The molecule has 0 heterocycles. The van der Waals surface area contributed by atoms with Crippen LogP contribution in [0, 0.1) is 18.3 Å². The normalized spacial score (nSPS) is 20.5. The van der Waals surface area contributed by atoms with E-state index < -0.39 is 0 Å². The first-order chi connectivity index (χ1) is 3.34. The smallest absolute Gasteiger partial charge is 0.0690 e. The Bertz CT molecular complexity index is 102. The summed E-state index contributed by atoms with van der Waals surface area (Å²) in [6.45, 7) is 0. The molecule has 1 aliphatic carbocycles. The minimum atomic E-state index is 0. The van der Waals surface area contributed by atoms with Crippen LogP contribution >= 0.6 is 12.4 Å². The van der Waals surface area contributed by atoms with Gasteiger partial charge in [-0.15, -0.1) is 18.8 Å². The molecule has 0 aromatic rings. The van der Waals surface area contributed by atoms with E-state index in [1.807, 2.05) is 0 Å². The largest absolute Gasteiger partial charge is 0.317 e. The molecule has 0 aromatic carbocycles. The van der Waals surface area contributed by atoms with Crippen LogP contribution < -0.4 is 5.73 Å². The molecule has 0 radical (unpaired) electrons. The van der Waals surface area contributed by atoms with Crippen LogP contribution in [-0.4, -0.2) is 6.04 Å². The van der Waals surface area contributed by atoms with Gasteiger partial charge in [-0.25, -0.2) is 0 Å². The van der Waals surface area contributed by atoms with Crippen molar-refractivity contribution < 1.29 is 0 Å². The monoisotopic (exact) mass is 131 g/mol. The van der Waals surface area contributed by atoms with Crippen molar-refractivity contribution in [3.63, 3.8) is 0 Å². The first-order valence-electron chi connectivity index (χ1n) is 2.56. The van der Waals surface area contributed by atoms with Crippen molar-refractivity contribution in [3.8, 4) is 12.3 Å². The molecule has 8 heavy (non-hydrogen) atoms. The molecule has 1 unspecified atom stereocenters. The number of rotatable bonds is 1. The van der Waals surface area contributed by atoms with Gasteiger partial charge in [0.15, 0.2) is 0 Å². The SMILES string of the molecule is C#CC(N)C1CC1.Cl. The second-order valence-electron chi connectivity index (χ2n) is 2.03. The molecular formula is C6H10ClN. The third kappa shape index (κ3) is 1.73. The molecule has 0 aliphatic heterocycles. The quantitative estimate of drug-likeness (QED) is 0.523. The molecule has 0 bridgehead atoms. The fourth-order valence-electron chi connectivity index (χ4n) is 0.591. The maximum absolute atomic E-state index is 5.44. The van der Waals surface area contributed by atoms with Crippen LogP contribution in [0.4, 0.5) is 0 Å². The highest BCUT2D eigenvalue weighted by molar-refractivity contribution is 5.85. The van der Waals surface area contributed by atoms with E-state index in [1.54, 1.807) is 0 Å². The van der Waals surface area contributed by atoms with E-state index in [9.17, 15) is 0 Å². The summed E-state index contributed by atoms with van der Waals surface area (Å²) >= 11 is 0. The van der Waals surface area contributed by atoms with Crippen LogP contribution in [-0.2, 0) is 0 Å². The standard InChI is InChI=1S/C6H9N.ClH/c1-2-6(7)5-3-4-5;/h1,5-6H,3-4,7H2;1H. The Morgan fingerprint density at radius 1 is 1.62 bits per heavy atom. The molecule has 46 valence electrons. The Hall–Kier alpha value is -0.190. The summed E-state index contributed by atoms with van der Waals surface area (Å²) in [7, 11) is 0. The summed E-state index contributed by atoms with van der Waals surface area (Å²) in [5, 5.41) is 0. The van der Waals surface area contributed by atoms with E-state index in [2.05, 4.69) is 5.92 Å². The molecule has 2 N–H and O–H groups in total. The van der Waals surface area contributed by atoms with Gasteiger partial charge in [-0.1, -0.05) is 5.92 Å². The minimum absolute atomic E-state index is 0. The third-order valence-corrected chi connectivity index (χ3v) is 1.32. The number of hydrogen-bond acceptors (Lipinski definition) is 1. The van der Waals surface area contributed by atoms with E-state index in [-0.39, 0.29) is 18.4 Å². The molecule has 1 rings (SSSR count). The summed E-state index contributed by atoms with van der Waals surface area (Å²) in [4.78, 5) is 0. The average Bonchev–Trinajstić information content (AvgIpc) is 2.44. The van der Waals surface area contributed by atoms with Gasteiger partial charge in [-0.2, -0.15) is 0 Å². The van der Waals surface area contributed by atoms with E-state index in [0.29, 0.717) is 5.92 Å². The van der Waals surface area contributed by atoms with Crippen LogP contribution in [0.3, 0.4) is 0 Å². The molecule has 0 saturated heterocycles. The van der Waals surface area contributed by atoms with Crippen molar-refractivity contribution in [1.29, 1.82) is 0 Å². The third-order valence-electron chi connectivity index (χ3n) is 1.32. The van der Waals surface area contributed by atoms with Crippen molar-refractivity contribution in [3.05, 3.63) is 0 Å². The summed E-state index contributed by atoms with van der Waals surface area (Å²) in [6.07, 6.45) is 7.52. The Labute approximate surface area is 56.1 Å². The maximum atomic E-state index is 5.44. The van der Waals surface area contributed by atoms with Gasteiger partial charge >= 0.3 is 0 Å². The van der Waals surface area contributed by atoms with Gasteiger partial charge in [0.05, 0.1) is 6.04 Å². The van der Waals surface area contributed by atoms with Crippen molar-refractivity contribution in [1.82, 2.24) is 0 Å². The van der Waals surface area contributed by atoms with Crippen LogP contribution in [0.1, 0.15) is 12.8 Å². The highest BCUT2D eigenvalue weighted by Crippen LogP contribution is 2.30. The summed E-state index contributed by atoms with van der Waals surface area (Å²) in [6, 6.07) is 0.0417. The summed E-state index contributed by atoms with van der Waals surface area (Å²) in [5.74, 6) is 3.16. The summed E-state index contributed by atoms with van der Waals surface area (Å²) < 4.78 is 0. The predicted octanol–water partition coefficient (Wildman–Crippen LogP) is 0.779. The number of halogens is 1. The van der Waals surface area contributed by atoms with Gasteiger partial charge in [0.2, 0.25) is 0 Å².